The number of hydrogen-bond acceptors (Lipinski definition) is 6. The Morgan fingerprint density at radius 1 is 1.56 bits per heavy atom. The lowest BCUT2D eigenvalue weighted by Crippen LogP contribution is -2.33. The molecule has 2 aromatic rings. The maximum absolute atomic E-state index is 10.9. The standard InChI is InChI=1S/C8H11N7O/c1-3(5(9)16)13-7-4-6(12-2-11-4)14-8(10)15-7/h2-3H,1H3,(H2,9,16)(H4,10,11,12,13,14,15). The number of nitrogen functional groups attached to an aromatic ring is 1. The summed E-state index contributed by atoms with van der Waals surface area (Å²) in [6, 6.07) is -0.555. The monoisotopic (exact) mass is 221 g/mol. The number of H-pyrrole nitrogens is 1. The predicted molar refractivity (Wildman–Crippen MR) is 58.4 cm³/mol. The smallest absolute Gasteiger partial charge is 0.239 e. The Balaban J connectivity index is 2.42. The first-order valence-electron chi connectivity index (χ1n) is 4.60. The molecule has 0 fully saturated rings. The topological polar surface area (TPSA) is 136 Å². The zero-order valence-electron chi connectivity index (χ0n) is 8.56. The number of carbonyl (C=O) groups is 1. The molecule has 0 aliphatic carbocycles. The number of nitrogens with zero attached hydrogens (tertiary/aromatic N) is 3. The van der Waals surface area contributed by atoms with E-state index in [-0.39, 0.29) is 5.95 Å². The number of primary amides is 1. The summed E-state index contributed by atoms with van der Waals surface area (Å²) in [6.45, 7) is 1.63. The third kappa shape index (κ3) is 1.72. The van der Waals surface area contributed by atoms with Gasteiger partial charge in [-0.05, 0) is 6.92 Å². The minimum Gasteiger partial charge on any atom is -0.368 e. The van der Waals surface area contributed by atoms with Gasteiger partial charge in [0.05, 0.1) is 6.33 Å². The van der Waals surface area contributed by atoms with Crippen LogP contribution < -0.4 is 16.8 Å². The summed E-state index contributed by atoms with van der Waals surface area (Å²) in [5.41, 5.74) is 11.7. The van der Waals surface area contributed by atoms with Crippen molar-refractivity contribution in [2.45, 2.75) is 13.0 Å². The number of rotatable bonds is 3. The summed E-state index contributed by atoms with van der Waals surface area (Å²) in [7, 11) is 0. The van der Waals surface area contributed by atoms with Gasteiger partial charge in [0, 0.05) is 0 Å². The van der Waals surface area contributed by atoms with E-state index in [2.05, 4.69) is 25.3 Å². The second-order valence-electron chi connectivity index (χ2n) is 3.30. The Morgan fingerprint density at radius 2 is 2.31 bits per heavy atom. The summed E-state index contributed by atoms with van der Waals surface area (Å²) < 4.78 is 0. The van der Waals surface area contributed by atoms with Crippen molar-refractivity contribution in [1.82, 2.24) is 19.9 Å². The van der Waals surface area contributed by atoms with Gasteiger partial charge in [0.25, 0.3) is 0 Å². The Bertz CT molecular complexity index is 534. The Labute approximate surface area is 90.5 Å². The minimum absolute atomic E-state index is 0.0822. The van der Waals surface area contributed by atoms with Crippen LogP contribution in [0.15, 0.2) is 6.33 Å². The molecule has 0 bridgehead atoms. The Morgan fingerprint density at radius 3 is 3.00 bits per heavy atom. The van der Waals surface area contributed by atoms with Crippen LogP contribution in [0, 0.1) is 0 Å². The van der Waals surface area contributed by atoms with Crippen molar-refractivity contribution in [2.75, 3.05) is 11.1 Å². The average Bonchev–Trinajstić information content (AvgIpc) is 2.65. The maximum Gasteiger partial charge on any atom is 0.239 e. The number of aromatic nitrogens is 4. The van der Waals surface area contributed by atoms with Crippen molar-refractivity contribution < 1.29 is 4.79 Å². The molecule has 8 heteroatoms. The van der Waals surface area contributed by atoms with Gasteiger partial charge in [-0.3, -0.25) is 4.79 Å². The van der Waals surface area contributed by atoms with Crippen LogP contribution in [0.1, 0.15) is 6.92 Å². The molecule has 2 heterocycles. The van der Waals surface area contributed by atoms with Crippen molar-refractivity contribution in [1.29, 1.82) is 0 Å². The highest BCUT2D eigenvalue weighted by molar-refractivity contribution is 5.88. The fraction of sp³-hybridized carbons (Fsp3) is 0.250. The van der Waals surface area contributed by atoms with E-state index >= 15 is 0 Å². The summed E-state index contributed by atoms with van der Waals surface area (Å²) in [4.78, 5) is 25.6. The van der Waals surface area contributed by atoms with E-state index in [1.807, 2.05) is 0 Å². The lowest BCUT2D eigenvalue weighted by molar-refractivity contribution is -0.118. The fourth-order valence-electron chi connectivity index (χ4n) is 1.23. The maximum atomic E-state index is 10.9. The largest absolute Gasteiger partial charge is 0.368 e. The van der Waals surface area contributed by atoms with Crippen LogP contribution in [0.25, 0.3) is 11.2 Å². The number of aromatic amines is 1. The van der Waals surface area contributed by atoms with Gasteiger partial charge in [0.15, 0.2) is 11.5 Å². The van der Waals surface area contributed by atoms with E-state index < -0.39 is 11.9 Å². The number of amides is 1. The molecule has 2 aromatic heterocycles. The van der Waals surface area contributed by atoms with Gasteiger partial charge in [0.2, 0.25) is 11.9 Å². The Kier molecular flexibility index (Phi) is 2.31. The van der Waals surface area contributed by atoms with Crippen molar-refractivity contribution in [3.63, 3.8) is 0 Å². The third-order valence-corrected chi connectivity index (χ3v) is 2.08. The molecule has 1 atom stereocenters. The molecular weight excluding hydrogens is 210 g/mol. The SMILES string of the molecule is CC(Nc1nc(N)nc2nc[nH]c12)C(N)=O. The van der Waals surface area contributed by atoms with Crippen molar-refractivity contribution in [2.24, 2.45) is 5.73 Å². The molecule has 1 amide bonds. The lowest BCUT2D eigenvalue weighted by Gasteiger charge is -2.11. The molecule has 0 aromatic carbocycles. The van der Waals surface area contributed by atoms with Crippen LogP contribution in [0.3, 0.4) is 0 Å². The van der Waals surface area contributed by atoms with E-state index in [0.717, 1.165) is 0 Å². The van der Waals surface area contributed by atoms with Gasteiger partial charge in [-0.15, -0.1) is 0 Å². The highest BCUT2D eigenvalue weighted by atomic mass is 16.1. The molecular formula is C8H11N7O. The number of imidazole rings is 1. The molecule has 0 aliphatic heterocycles. The fourth-order valence-corrected chi connectivity index (χ4v) is 1.23. The molecule has 2 rings (SSSR count). The van der Waals surface area contributed by atoms with E-state index in [1.165, 1.54) is 6.33 Å². The van der Waals surface area contributed by atoms with Crippen molar-refractivity contribution in [3.05, 3.63) is 6.33 Å². The molecule has 6 N–H and O–H groups in total. The summed E-state index contributed by atoms with van der Waals surface area (Å²) in [5, 5.41) is 2.83. The summed E-state index contributed by atoms with van der Waals surface area (Å²) in [6.07, 6.45) is 1.47. The molecule has 0 aliphatic rings. The van der Waals surface area contributed by atoms with Crippen LogP contribution >= 0.6 is 0 Å². The van der Waals surface area contributed by atoms with Crippen molar-refractivity contribution in [3.8, 4) is 0 Å². The van der Waals surface area contributed by atoms with Crippen LogP contribution in [0.4, 0.5) is 11.8 Å². The van der Waals surface area contributed by atoms with Crippen molar-refractivity contribution >= 4 is 28.8 Å². The van der Waals surface area contributed by atoms with Gasteiger partial charge < -0.3 is 21.8 Å². The number of hydrogen-bond donors (Lipinski definition) is 4. The minimum atomic E-state index is -0.555. The van der Waals surface area contributed by atoms with E-state index in [9.17, 15) is 4.79 Å². The first-order valence-corrected chi connectivity index (χ1v) is 4.60. The highest BCUT2D eigenvalue weighted by Gasteiger charge is 2.13. The first kappa shape index (κ1) is 10.1. The number of carbonyl (C=O) groups excluding carboxylic acids is 1. The number of nitrogens with two attached hydrogens (primary N) is 2. The molecule has 0 saturated heterocycles. The van der Waals surface area contributed by atoms with Crippen LogP contribution in [0.2, 0.25) is 0 Å². The molecule has 0 saturated carbocycles. The molecule has 8 nitrogen and oxygen atoms in total. The van der Waals surface area contributed by atoms with Gasteiger partial charge in [-0.25, -0.2) is 4.98 Å². The van der Waals surface area contributed by atoms with Crippen LogP contribution in [0.5, 0.6) is 0 Å². The van der Waals surface area contributed by atoms with E-state index in [4.69, 9.17) is 11.5 Å². The second kappa shape index (κ2) is 3.65. The molecule has 0 spiro atoms. The number of fused-ring (bicyclic) bond motifs is 1. The average molecular weight is 221 g/mol. The first-order chi connectivity index (χ1) is 7.58. The highest BCUT2D eigenvalue weighted by Crippen LogP contribution is 2.17. The van der Waals surface area contributed by atoms with Crippen LogP contribution in [-0.2, 0) is 4.79 Å². The van der Waals surface area contributed by atoms with Gasteiger partial charge in [0.1, 0.15) is 11.6 Å². The summed E-state index contributed by atoms with van der Waals surface area (Å²) >= 11 is 0. The number of anilines is 2. The Hall–Kier alpha value is -2.38. The molecule has 16 heavy (non-hydrogen) atoms. The quantitative estimate of drug-likeness (QED) is 0.536. The third-order valence-electron chi connectivity index (χ3n) is 2.08. The lowest BCUT2D eigenvalue weighted by atomic mass is 10.3. The zero-order valence-corrected chi connectivity index (χ0v) is 8.56. The van der Waals surface area contributed by atoms with E-state index in [1.54, 1.807) is 6.92 Å². The normalized spacial score (nSPS) is 12.6. The second-order valence-corrected chi connectivity index (χ2v) is 3.30. The van der Waals surface area contributed by atoms with Crippen LogP contribution in [-0.4, -0.2) is 31.9 Å². The predicted octanol–water partition coefficient (Wildman–Crippen LogP) is -0.779. The summed E-state index contributed by atoms with van der Waals surface area (Å²) in [5.74, 6) is 0.00918. The van der Waals surface area contributed by atoms with Gasteiger partial charge in [-0.1, -0.05) is 0 Å². The van der Waals surface area contributed by atoms with E-state index in [0.29, 0.717) is 17.0 Å². The van der Waals surface area contributed by atoms with Gasteiger partial charge >= 0.3 is 0 Å². The number of nitrogens with one attached hydrogen (secondary N) is 2. The van der Waals surface area contributed by atoms with Gasteiger partial charge in [-0.2, -0.15) is 9.97 Å². The molecule has 1 unspecified atom stereocenters. The zero-order chi connectivity index (χ0) is 11.7. The molecule has 84 valence electrons. The molecule has 0 radical (unpaired) electrons.